The Balaban J connectivity index is 2.64. The van der Waals surface area contributed by atoms with Crippen LogP contribution in [0.25, 0.3) is 0 Å². The van der Waals surface area contributed by atoms with Crippen LogP contribution in [0.15, 0.2) is 18.3 Å². The first-order chi connectivity index (χ1) is 5.72. The van der Waals surface area contributed by atoms with Gasteiger partial charge in [-0.2, -0.15) is 0 Å². The average molecular weight is 341 g/mol. The SMILES string of the molecule is O=C(CBr)Nc1ccc(I)cn1. The van der Waals surface area contributed by atoms with Gasteiger partial charge in [0.15, 0.2) is 0 Å². The molecule has 5 heteroatoms. The molecule has 0 aliphatic rings. The first kappa shape index (κ1) is 9.91. The zero-order valence-electron chi connectivity index (χ0n) is 6.05. The van der Waals surface area contributed by atoms with Crippen molar-refractivity contribution < 1.29 is 4.79 Å². The van der Waals surface area contributed by atoms with Gasteiger partial charge in [-0.1, -0.05) is 15.9 Å². The zero-order chi connectivity index (χ0) is 8.97. The van der Waals surface area contributed by atoms with Gasteiger partial charge in [-0.05, 0) is 34.7 Å². The van der Waals surface area contributed by atoms with Gasteiger partial charge in [0.1, 0.15) is 5.82 Å². The van der Waals surface area contributed by atoms with E-state index in [1.54, 1.807) is 12.3 Å². The summed E-state index contributed by atoms with van der Waals surface area (Å²) in [5.41, 5.74) is 0. The summed E-state index contributed by atoms with van der Waals surface area (Å²) in [5.74, 6) is 0.489. The van der Waals surface area contributed by atoms with Crippen molar-refractivity contribution in [1.82, 2.24) is 4.98 Å². The van der Waals surface area contributed by atoms with E-state index in [0.29, 0.717) is 11.1 Å². The number of carbonyl (C=O) groups excluding carboxylic acids is 1. The van der Waals surface area contributed by atoms with Crippen molar-refractivity contribution in [2.45, 2.75) is 0 Å². The summed E-state index contributed by atoms with van der Waals surface area (Å²) in [5, 5.41) is 2.91. The van der Waals surface area contributed by atoms with Crippen LogP contribution in [0.4, 0.5) is 5.82 Å². The minimum absolute atomic E-state index is 0.0938. The van der Waals surface area contributed by atoms with Crippen molar-refractivity contribution in [2.24, 2.45) is 0 Å². The van der Waals surface area contributed by atoms with E-state index in [0.717, 1.165) is 3.57 Å². The van der Waals surface area contributed by atoms with Crippen molar-refractivity contribution in [3.63, 3.8) is 0 Å². The number of nitrogens with one attached hydrogen (secondary N) is 1. The molecule has 64 valence electrons. The Bertz CT molecular complexity index is 275. The van der Waals surface area contributed by atoms with Crippen molar-refractivity contribution >= 4 is 50.2 Å². The van der Waals surface area contributed by atoms with E-state index in [-0.39, 0.29) is 5.91 Å². The molecule has 1 aromatic heterocycles. The number of hydrogen-bond acceptors (Lipinski definition) is 2. The maximum absolute atomic E-state index is 10.9. The summed E-state index contributed by atoms with van der Waals surface area (Å²) in [6, 6.07) is 3.65. The number of hydrogen-bond donors (Lipinski definition) is 1. The summed E-state index contributed by atoms with van der Waals surface area (Å²) >= 11 is 5.20. The molecule has 0 radical (unpaired) electrons. The lowest BCUT2D eigenvalue weighted by Gasteiger charge is -2.00. The van der Waals surface area contributed by atoms with Crippen molar-refractivity contribution in [3.05, 3.63) is 21.9 Å². The standard InChI is InChI=1S/C7H6BrIN2O/c8-3-7(12)11-6-2-1-5(9)4-10-6/h1-2,4H,3H2,(H,10,11,12). The second kappa shape index (κ2) is 4.76. The molecule has 0 aromatic carbocycles. The van der Waals surface area contributed by atoms with Crippen molar-refractivity contribution in [3.8, 4) is 0 Å². The Morgan fingerprint density at radius 2 is 2.42 bits per heavy atom. The van der Waals surface area contributed by atoms with Crippen LogP contribution in [0.3, 0.4) is 0 Å². The van der Waals surface area contributed by atoms with Crippen LogP contribution in [0, 0.1) is 3.57 Å². The molecule has 0 saturated carbocycles. The molecule has 0 saturated heterocycles. The lowest BCUT2D eigenvalue weighted by atomic mass is 10.4. The number of nitrogens with zero attached hydrogens (tertiary/aromatic N) is 1. The molecule has 1 rings (SSSR count). The highest BCUT2D eigenvalue weighted by molar-refractivity contribution is 14.1. The van der Waals surface area contributed by atoms with Gasteiger partial charge in [-0.25, -0.2) is 4.98 Å². The van der Waals surface area contributed by atoms with Crippen molar-refractivity contribution in [2.75, 3.05) is 10.6 Å². The monoisotopic (exact) mass is 340 g/mol. The molecule has 1 aromatic rings. The van der Waals surface area contributed by atoms with E-state index in [4.69, 9.17) is 0 Å². The number of rotatable bonds is 2. The minimum atomic E-state index is -0.0938. The van der Waals surface area contributed by atoms with E-state index in [1.165, 1.54) is 0 Å². The number of anilines is 1. The molecule has 12 heavy (non-hydrogen) atoms. The minimum Gasteiger partial charge on any atom is -0.310 e. The Hall–Kier alpha value is -0.170. The number of alkyl halides is 1. The smallest absolute Gasteiger partial charge is 0.236 e. The third-order valence-corrected chi connectivity index (χ3v) is 2.26. The third-order valence-electron chi connectivity index (χ3n) is 1.12. The van der Waals surface area contributed by atoms with E-state index in [1.807, 2.05) is 6.07 Å². The molecule has 0 unspecified atom stereocenters. The fraction of sp³-hybridized carbons (Fsp3) is 0.143. The summed E-state index contributed by atoms with van der Waals surface area (Å²) in [6.07, 6.45) is 1.70. The van der Waals surface area contributed by atoms with Gasteiger partial charge in [0.2, 0.25) is 5.91 Å². The van der Waals surface area contributed by atoms with E-state index >= 15 is 0 Å². The van der Waals surface area contributed by atoms with Crippen LogP contribution >= 0.6 is 38.5 Å². The van der Waals surface area contributed by atoms with Crippen LogP contribution in [0.1, 0.15) is 0 Å². The maximum Gasteiger partial charge on any atom is 0.236 e. The highest BCUT2D eigenvalue weighted by Crippen LogP contribution is 2.06. The lowest BCUT2D eigenvalue weighted by molar-refractivity contribution is -0.113. The van der Waals surface area contributed by atoms with Gasteiger partial charge in [-0.15, -0.1) is 0 Å². The molecule has 1 amide bonds. The number of pyridine rings is 1. The van der Waals surface area contributed by atoms with Gasteiger partial charge < -0.3 is 5.32 Å². The topological polar surface area (TPSA) is 42.0 Å². The fourth-order valence-corrected chi connectivity index (χ4v) is 1.09. The zero-order valence-corrected chi connectivity index (χ0v) is 9.79. The highest BCUT2D eigenvalue weighted by Gasteiger charge is 1.99. The van der Waals surface area contributed by atoms with Crippen molar-refractivity contribution in [1.29, 1.82) is 0 Å². The molecule has 1 heterocycles. The van der Waals surface area contributed by atoms with Crippen LogP contribution in [0.5, 0.6) is 0 Å². The van der Waals surface area contributed by atoms with Crippen LogP contribution in [0.2, 0.25) is 0 Å². The van der Waals surface area contributed by atoms with E-state index in [2.05, 4.69) is 48.8 Å². The fourth-order valence-electron chi connectivity index (χ4n) is 0.626. The van der Waals surface area contributed by atoms with Gasteiger partial charge in [0.25, 0.3) is 0 Å². The highest BCUT2D eigenvalue weighted by atomic mass is 127. The summed E-state index contributed by atoms with van der Waals surface area (Å²) in [7, 11) is 0. The molecule has 1 N–H and O–H groups in total. The van der Waals surface area contributed by atoms with Gasteiger partial charge in [-0.3, -0.25) is 4.79 Å². The normalized spacial score (nSPS) is 9.50. The van der Waals surface area contributed by atoms with Gasteiger partial charge in [0.05, 0.1) is 5.33 Å². The lowest BCUT2D eigenvalue weighted by Crippen LogP contribution is -2.13. The maximum atomic E-state index is 10.9. The molecule has 3 nitrogen and oxygen atoms in total. The Morgan fingerprint density at radius 3 is 2.92 bits per heavy atom. The quantitative estimate of drug-likeness (QED) is 0.661. The predicted molar refractivity (Wildman–Crippen MR) is 59.4 cm³/mol. The first-order valence-electron chi connectivity index (χ1n) is 3.20. The molecule has 0 aliphatic carbocycles. The van der Waals surface area contributed by atoms with Crippen LogP contribution < -0.4 is 5.32 Å². The number of carbonyl (C=O) groups is 1. The number of aromatic nitrogens is 1. The van der Waals surface area contributed by atoms with Gasteiger partial charge in [0, 0.05) is 9.77 Å². The molecule has 0 aliphatic heterocycles. The van der Waals surface area contributed by atoms with Crippen LogP contribution in [-0.4, -0.2) is 16.2 Å². The Labute approximate surface area is 92.2 Å². The molecule has 0 fully saturated rings. The Morgan fingerprint density at radius 1 is 1.67 bits per heavy atom. The average Bonchev–Trinajstić information content (AvgIpc) is 2.09. The third kappa shape index (κ3) is 3.06. The summed E-state index contributed by atoms with van der Waals surface area (Å²) in [4.78, 5) is 14.9. The molecule has 0 bridgehead atoms. The number of amides is 1. The van der Waals surface area contributed by atoms with Crippen LogP contribution in [-0.2, 0) is 4.79 Å². The largest absolute Gasteiger partial charge is 0.310 e. The first-order valence-corrected chi connectivity index (χ1v) is 5.40. The molecule has 0 spiro atoms. The molecule has 0 atom stereocenters. The van der Waals surface area contributed by atoms with Gasteiger partial charge >= 0.3 is 0 Å². The Kier molecular flexibility index (Phi) is 3.93. The molecular formula is C7H6BrIN2O. The van der Waals surface area contributed by atoms with E-state index in [9.17, 15) is 4.79 Å². The second-order valence-electron chi connectivity index (χ2n) is 2.04. The second-order valence-corrected chi connectivity index (χ2v) is 3.85. The summed E-state index contributed by atoms with van der Waals surface area (Å²) < 4.78 is 1.05. The molecular weight excluding hydrogens is 335 g/mol. The summed E-state index contributed by atoms with van der Waals surface area (Å²) in [6.45, 7) is 0. The van der Waals surface area contributed by atoms with E-state index < -0.39 is 0 Å². The predicted octanol–water partition coefficient (Wildman–Crippen LogP) is 2.02. The number of halogens is 2.